The Morgan fingerprint density at radius 2 is 2.21 bits per heavy atom. The number of benzene rings is 1. The molecule has 0 aliphatic carbocycles. The summed E-state index contributed by atoms with van der Waals surface area (Å²) in [5.74, 6) is 0.284. The second-order valence-electron chi connectivity index (χ2n) is 3.11. The first-order valence-corrected chi connectivity index (χ1v) is 5.39. The lowest BCUT2D eigenvalue weighted by Gasteiger charge is -2.05. The van der Waals surface area contributed by atoms with E-state index in [4.69, 9.17) is 4.74 Å². The van der Waals surface area contributed by atoms with E-state index in [2.05, 4.69) is 22.9 Å². The Morgan fingerprint density at radius 3 is 2.71 bits per heavy atom. The van der Waals surface area contributed by atoms with Gasteiger partial charge in [-0.25, -0.2) is 0 Å². The number of aryl methyl sites for hydroxylation is 1. The van der Waals surface area contributed by atoms with Crippen molar-refractivity contribution in [2.24, 2.45) is 0 Å². The number of halogens is 1. The number of rotatable bonds is 3. The van der Waals surface area contributed by atoms with Crippen LogP contribution in [0.15, 0.2) is 22.7 Å². The van der Waals surface area contributed by atoms with Crippen LogP contribution in [0.5, 0.6) is 5.75 Å². The van der Waals surface area contributed by atoms with Crippen LogP contribution in [0.1, 0.15) is 25.8 Å². The summed E-state index contributed by atoms with van der Waals surface area (Å²) >= 11 is 3.37. The van der Waals surface area contributed by atoms with Crippen molar-refractivity contribution >= 4 is 21.9 Å². The average Bonchev–Trinajstić information content (AvgIpc) is 2.10. The standard InChI is InChI=1S/C11H13BrO2/c1-3-4-9-5-6-11(10(12)7-9)14-8(2)13/h5-7H,3-4H2,1-2H3. The van der Waals surface area contributed by atoms with E-state index < -0.39 is 0 Å². The van der Waals surface area contributed by atoms with Crippen LogP contribution in [0, 0.1) is 0 Å². The molecule has 0 aliphatic rings. The quantitative estimate of drug-likeness (QED) is 0.613. The van der Waals surface area contributed by atoms with Gasteiger partial charge in [0.2, 0.25) is 0 Å². The molecule has 0 bridgehead atoms. The lowest BCUT2D eigenvalue weighted by Crippen LogP contribution is -2.02. The van der Waals surface area contributed by atoms with Gasteiger partial charge >= 0.3 is 5.97 Å². The first-order chi connectivity index (χ1) is 6.63. The van der Waals surface area contributed by atoms with Crippen LogP contribution >= 0.6 is 15.9 Å². The number of hydrogen-bond acceptors (Lipinski definition) is 2. The van der Waals surface area contributed by atoms with Gasteiger partial charge in [-0.3, -0.25) is 4.79 Å². The molecule has 0 fully saturated rings. The minimum Gasteiger partial charge on any atom is -0.426 e. The Hall–Kier alpha value is -0.830. The maximum absolute atomic E-state index is 10.7. The van der Waals surface area contributed by atoms with E-state index in [0.29, 0.717) is 5.75 Å². The lowest BCUT2D eigenvalue weighted by atomic mass is 10.1. The third-order valence-electron chi connectivity index (χ3n) is 1.79. The maximum atomic E-state index is 10.7. The predicted molar refractivity (Wildman–Crippen MR) is 59.4 cm³/mol. The van der Waals surface area contributed by atoms with Crippen LogP contribution in [0.2, 0.25) is 0 Å². The largest absolute Gasteiger partial charge is 0.426 e. The van der Waals surface area contributed by atoms with Gasteiger partial charge in [0, 0.05) is 6.92 Å². The summed E-state index contributed by atoms with van der Waals surface area (Å²) in [4.78, 5) is 10.7. The number of hydrogen-bond donors (Lipinski definition) is 0. The average molecular weight is 257 g/mol. The van der Waals surface area contributed by atoms with Crippen LogP contribution in [-0.4, -0.2) is 5.97 Å². The highest BCUT2D eigenvalue weighted by molar-refractivity contribution is 9.10. The summed E-state index contributed by atoms with van der Waals surface area (Å²) in [7, 11) is 0. The van der Waals surface area contributed by atoms with Crippen molar-refractivity contribution in [2.75, 3.05) is 0 Å². The summed E-state index contributed by atoms with van der Waals surface area (Å²) in [6.07, 6.45) is 2.15. The summed E-state index contributed by atoms with van der Waals surface area (Å²) in [5, 5.41) is 0. The number of carbonyl (C=O) groups is 1. The Bertz CT molecular complexity index is 334. The Morgan fingerprint density at radius 1 is 1.50 bits per heavy atom. The van der Waals surface area contributed by atoms with E-state index in [1.165, 1.54) is 12.5 Å². The molecule has 0 radical (unpaired) electrons. The summed E-state index contributed by atoms with van der Waals surface area (Å²) < 4.78 is 5.82. The molecule has 1 aromatic carbocycles. The van der Waals surface area contributed by atoms with Crippen LogP contribution in [-0.2, 0) is 11.2 Å². The zero-order chi connectivity index (χ0) is 10.6. The van der Waals surface area contributed by atoms with E-state index >= 15 is 0 Å². The predicted octanol–water partition coefficient (Wildman–Crippen LogP) is 3.33. The second-order valence-corrected chi connectivity index (χ2v) is 3.96. The monoisotopic (exact) mass is 256 g/mol. The Kier molecular flexibility index (Phi) is 4.14. The Balaban J connectivity index is 2.84. The van der Waals surface area contributed by atoms with Crippen molar-refractivity contribution in [1.82, 2.24) is 0 Å². The fourth-order valence-corrected chi connectivity index (χ4v) is 1.73. The highest BCUT2D eigenvalue weighted by Gasteiger charge is 2.04. The molecule has 14 heavy (non-hydrogen) atoms. The highest BCUT2D eigenvalue weighted by Crippen LogP contribution is 2.26. The molecule has 1 rings (SSSR count). The van der Waals surface area contributed by atoms with Crippen molar-refractivity contribution in [1.29, 1.82) is 0 Å². The SMILES string of the molecule is CCCc1ccc(OC(C)=O)c(Br)c1. The van der Waals surface area contributed by atoms with Crippen LogP contribution in [0.3, 0.4) is 0 Å². The van der Waals surface area contributed by atoms with Crippen LogP contribution in [0.25, 0.3) is 0 Å². The van der Waals surface area contributed by atoms with Gasteiger partial charge in [-0.1, -0.05) is 19.4 Å². The molecule has 0 N–H and O–H groups in total. The molecule has 0 heterocycles. The zero-order valence-electron chi connectivity index (χ0n) is 8.34. The number of carbonyl (C=O) groups excluding carboxylic acids is 1. The van der Waals surface area contributed by atoms with Gasteiger partial charge in [0.05, 0.1) is 4.47 Å². The molecule has 0 saturated heterocycles. The van der Waals surface area contributed by atoms with Crippen LogP contribution < -0.4 is 4.74 Å². The van der Waals surface area contributed by atoms with Crippen molar-refractivity contribution in [3.63, 3.8) is 0 Å². The van der Waals surface area contributed by atoms with Gasteiger partial charge in [0.15, 0.2) is 0 Å². The molecule has 0 spiro atoms. The third kappa shape index (κ3) is 3.14. The van der Waals surface area contributed by atoms with E-state index in [9.17, 15) is 4.79 Å². The molecule has 0 unspecified atom stereocenters. The molecule has 0 aromatic heterocycles. The van der Waals surface area contributed by atoms with Crippen LogP contribution in [0.4, 0.5) is 0 Å². The van der Waals surface area contributed by atoms with E-state index in [1.54, 1.807) is 0 Å². The first kappa shape index (κ1) is 11.2. The molecule has 3 heteroatoms. The van der Waals surface area contributed by atoms with Crippen molar-refractivity contribution in [3.8, 4) is 5.75 Å². The molecular weight excluding hydrogens is 244 g/mol. The Labute approximate surface area is 92.4 Å². The van der Waals surface area contributed by atoms with E-state index in [1.807, 2.05) is 18.2 Å². The molecule has 2 nitrogen and oxygen atoms in total. The number of esters is 1. The van der Waals surface area contributed by atoms with Gasteiger partial charge in [-0.05, 0) is 40.0 Å². The lowest BCUT2D eigenvalue weighted by molar-refractivity contribution is -0.131. The minimum atomic E-state index is -0.297. The third-order valence-corrected chi connectivity index (χ3v) is 2.41. The highest BCUT2D eigenvalue weighted by atomic mass is 79.9. The van der Waals surface area contributed by atoms with Gasteiger partial charge in [-0.15, -0.1) is 0 Å². The topological polar surface area (TPSA) is 26.3 Å². The summed E-state index contributed by atoms with van der Waals surface area (Å²) in [6.45, 7) is 3.53. The van der Waals surface area contributed by atoms with E-state index in [-0.39, 0.29) is 5.97 Å². The molecular formula is C11H13BrO2. The van der Waals surface area contributed by atoms with Gasteiger partial charge < -0.3 is 4.74 Å². The molecule has 76 valence electrons. The molecule has 0 atom stereocenters. The van der Waals surface area contributed by atoms with Crippen molar-refractivity contribution < 1.29 is 9.53 Å². The van der Waals surface area contributed by atoms with E-state index in [0.717, 1.165) is 17.3 Å². The summed E-state index contributed by atoms with van der Waals surface area (Å²) in [6, 6.07) is 5.78. The minimum absolute atomic E-state index is 0.297. The van der Waals surface area contributed by atoms with Crippen molar-refractivity contribution in [2.45, 2.75) is 26.7 Å². The fraction of sp³-hybridized carbons (Fsp3) is 0.364. The molecule has 1 aromatic rings. The second kappa shape index (κ2) is 5.15. The molecule has 0 saturated carbocycles. The first-order valence-electron chi connectivity index (χ1n) is 4.60. The fourth-order valence-electron chi connectivity index (χ4n) is 1.23. The molecule has 0 aliphatic heterocycles. The maximum Gasteiger partial charge on any atom is 0.308 e. The zero-order valence-corrected chi connectivity index (χ0v) is 9.93. The number of ether oxygens (including phenoxy) is 1. The smallest absolute Gasteiger partial charge is 0.308 e. The normalized spacial score (nSPS) is 9.93. The van der Waals surface area contributed by atoms with Gasteiger partial charge in [-0.2, -0.15) is 0 Å². The van der Waals surface area contributed by atoms with Gasteiger partial charge in [0.1, 0.15) is 5.75 Å². The van der Waals surface area contributed by atoms with Gasteiger partial charge in [0.25, 0.3) is 0 Å². The molecule has 0 amide bonds. The summed E-state index contributed by atoms with van der Waals surface area (Å²) in [5.41, 5.74) is 1.25. The van der Waals surface area contributed by atoms with Crippen molar-refractivity contribution in [3.05, 3.63) is 28.2 Å².